The van der Waals surface area contributed by atoms with E-state index < -0.39 is 0 Å². The van der Waals surface area contributed by atoms with Crippen LogP contribution in [0.1, 0.15) is 18.5 Å². The molecule has 1 saturated heterocycles. The standard InChI is InChI=1S/C13H20ClN3O/c1-17(8-10-3-2-6-18-9-10)13-5-4-11(14)12(7-15)16-13/h4-5,10H,2-3,6-9,15H2,1H3. The first-order valence-corrected chi connectivity index (χ1v) is 6.73. The molecule has 18 heavy (non-hydrogen) atoms. The first-order chi connectivity index (χ1) is 8.70. The Hall–Kier alpha value is -0.840. The number of hydrogen-bond acceptors (Lipinski definition) is 4. The summed E-state index contributed by atoms with van der Waals surface area (Å²) in [5.74, 6) is 1.51. The molecule has 1 aromatic heterocycles. The Morgan fingerprint density at radius 1 is 1.56 bits per heavy atom. The van der Waals surface area contributed by atoms with Crippen molar-refractivity contribution in [3.8, 4) is 0 Å². The highest BCUT2D eigenvalue weighted by molar-refractivity contribution is 6.31. The van der Waals surface area contributed by atoms with E-state index in [1.807, 2.05) is 19.2 Å². The van der Waals surface area contributed by atoms with Gasteiger partial charge >= 0.3 is 0 Å². The fraction of sp³-hybridized carbons (Fsp3) is 0.615. The Bertz CT molecular complexity index is 394. The van der Waals surface area contributed by atoms with Crippen molar-refractivity contribution in [3.05, 3.63) is 22.8 Å². The normalized spacial score (nSPS) is 19.8. The molecule has 2 rings (SSSR count). The number of nitrogens with two attached hydrogens (primary N) is 1. The molecule has 100 valence electrons. The van der Waals surface area contributed by atoms with Gasteiger partial charge in [0, 0.05) is 26.7 Å². The average molecular weight is 270 g/mol. The lowest BCUT2D eigenvalue weighted by atomic mass is 10.0. The monoisotopic (exact) mass is 269 g/mol. The zero-order chi connectivity index (χ0) is 13.0. The lowest BCUT2D eigenvalue weighted by Crippen LogP contribution is -2.31. The third-order valence-corrected chi connectivity index (χ3v) is 3.62. The van der Waals surface area contributed by atoms with E-state index in [1.165, 1.54) is 6.42 Å². The molecule has 1 fully saturated rings. The second-order valence-corrected chi connectivity index (χ2v) is 5.17. The zero-order valence-corrected chi connectivity index (χ0v) is 11.5. The van der Waals surface area contributed by atoms with Crippen LogP contribution in [0.25, 0.3) is 0 Å². The predicted octanol–water partition coefficient (Wildman–Crippen LogP) is 2.06. The summed E-state index contributed by atoms with van der Waals surface area (Å²) >= 11 is 6.01. The molecule has 0 aliphatic carbocycles. The van der Waals surface area contributed by atoms with Gasteiger partial charge in [-0.05, 0) is 30.9 Å². The average Bonchev–Trinajstić information content (AvgIpc) is 2.40. The van der Waals surface area contributed by atoms with E-state index >= 15 is 0 Å². The third-order valence-electron chi connectivity index (χ3n) is 3.28. The molecule has 1 aliphatic rings. The number of halogens is 1. The lowest BCUT2D eigenvalue weighted by molar-refractivity contribution is 0.0576. The zero-order valence-electron chi connectivity index (χ0n) is 10.7. The Labute approximate surface area is 113 Å². The number of nitrogens with zero attached hydrogens (tertiary/aromatic N) is 2. The minimum absolute atomic E-state index is 0.368. The SMILES string of the molecule is CN(CC1CCCOC1)c1ccc(Cl)c(CN)n1. The van der Waals surface area contributed by atoms with E-state index in [-0.39, 0.29) is 0 Å². The smallest absolute Gasteiger partial charge is 0.128 e. The molecule has 2 N–H and O–H groups in total. The second-order valence-electron chi connectivity index (χ2n) is 4.77. The Morgan fingerprint density at radius 3 is 3.06 bits per heavy atom. The topological polar surface area (TPSA) is 51.4 Å². The van der Waals surface area contributed by atoms with E-state index in [2.05, 4.69) is 9.88 Å². The van der Waals surface area contributed by atoms with E-state index in [4.69, 9.17) is 22.1 Å². The van der Waals surface area contributed by atoms with Crippen LogP contribution >= 0.6 is 11.6 Å². The molecular formula is C13H20ClN3O. The van der Waals surface area contributed by atoms with E-state index in [9.17, 15) is 0 Å². The number of hydrogen-bond donors (Lipinski definition) is 1. The van der Waals surface area contributed by atoms with E-state index in [1.54, 1.807) is 0 Å². The van der Waals surface area contributed by atoms with Crippen molar-refractivity contribution in [3.63, 3.8) is 0 Å². The molecule has 1 aliphatic heterocycles. The molecule has 0 saturated carbocycles. The van der Waals surface area contributed by atoms with Gasteiger partial charge in [0.25, 0.3) is 0 Å². The lowest BCUT2D eigenvalue weighted by Gasteiger charge is -2.28. The Kier molecular flexibility index (Phi) is 4.80. The summed E-state index contributed by atoms with van der Waals surface area (Å²) in [5, 5.41) is 0.635. The Balaban J connectivity index is 2.01. The molecule has 0 spiro atoms. The largest absolute Gasteiger partial charge is 0.381 e. The highest BCUT2D eigenvalue weighted by Gasteiger charge is 2.17. The molecule has 2 heterocycles. The number of pyridine rings is 1. The summed E-state index contributed by atoms with van der Waals surface area (Å²) in [6.45, 7) is 3.07. The maximum Gasteiger partial charge on any atom is 0.128 e. The van der Waals surface area contributed by atoms with E-state index in [0.717, 1.165) is 37.7 Å². The van der Waals surface area contributed by atoms with Crippen molar-refractivity contribution in [1.29, 1.82) is 0 Å². The molecule has 0 amide bonds. The van der Waals surface area contributed by atoms with Gasteiger partial charge in [0.2, 0.25) is 0 Å². The van der Waals surface area contributed by atoms with Crippen molar-refractivity contribution in [2.24, 2.45) is 11.7 Å². The van der Waals surface area contributed by atoms with Crippen molar-refractivity contribution in [2.75, 3.05) is 31.7 Å². The molecule has 5 heteroatoms. The van der Waals surface area contributed by atoms with Crippen LogP contribution in [0, 0.1) is 5.92 Å². The molecule has 4 nitrogen and oxygen atoms in total. The minimum Gasteiger partial charge on any atom is -0.381 e. The van der Waals surface area contributed by atoms with Crippen molar-refractivity contribution >= 4 is 17.4 Å². The highest BCUT2D eigenvalue weighted by atomic mass is 35.5. The van der Waals surface area contributed by atoms with Gasteiger partial charge in [-0.25, -0.2) is 4.98 Å². The minimum atomic E-state index is 0.368. The summed E-state index contributed by atoms with van der Waals surface area (Å²) in [5.41, 5.74) is 6.37. The van der Waals surface area contributed by atoms with Crippen LogP contribution in [-0.2, 0) is 11.3 Å². The second kappa shape index (κ2) is 6.36. The maximum absolute atomic E-state index is 6.01. The maximum atomic E-state index is 6.01. The fourth-order valence-electron chi connectivity index (χ4n) is 2.26. The molecule has 1 unspecified atom stereocenters. The third kappa shape index (κ3) is 3.34. The van der Waals surface area contributed by atoms with Gasteiger partial charge in [-0.15, -0.1) is 0 Å². The molecule has 1 atom stereocenters. The van der Waals surface area contributed by atoms with Gasteiger partial charge < -0.3 is 15.4 Å². The van der Waals surface area contributed by atoms with Gasteiger partial charge in [-0.3, -0.25) is 0 Å². The number of anilines is 1. The summed E-state index contributed by atoms with van der Waals surface area (Å²) in [6.07, 6.45) is 2.38. The molecule has 1 aromatic rings. The number of ether oxygens (including phenoxy) is 1. The van der Waals surface area contributed by atoms with Crippen LogP contribution in [0.4, 0.5) is 5.82 Å². The summed E-state index contributed by atoms with van der Waals surface area (Å²) in [6, 6.07) is 3.80. The molecule has 0 radical (unpaired) electrons. The summed E-state index contributed by atoms with van der Waals surface area (Å²) < 4.78 is 5.49. The van der Waals surface area contributed by atoms with Gasteiger partial charge in [0.1, 0.15) is 5.82 Å². The molecular weight excluding hydrogens is 250 g/mol. The van der Waals surface area contributed by atoms with Gasteiger partial charge in [0.15, 0.2) is 0 Å². The van der Waals surface area contributed by atoms with E-state index in [0.29, 0.717) is 17.5 Å². The quantitative estimate of drug-likeness (QED) is 0.909. The first kappa shape index (κ1) is 13.6. The summed E-state index contributed by atoms with van der Waals surface area (Å²) in [4.78, 5) is 6.63. The van der Waals surface area contributed by atoms with Crippen LogP contribution in [0.3, 0.4) is 0 Å². The van der Waals surface area contributed by atoms with Crippen molar-refractivity contribution in [1.82, 2.24) is 4.98 Å². The highest BCUT2D eigenvalue weighted by Crippen LogP contribution is 2.21. The predicted molar refractivity (Wildman–Crippen MR) is 74.0 cm³/mol. The van der Waals surface area contributed by atoms with Gasteiger partial charge in [-0.2, -0.15) is 0 Å². The molecule has 0 aromatic carbocycles. The molecule has 0 bridgehead atoms. The van der Waals surface area contributed by atoms with Gasteiger partial charge in [0.05, 0.1) is 17.3 Å². The number of aromatic nitrogens is 1. The van der Waals surface area contributed by atoms with Crippen LogP contribution in [0.2, 0.25) is 5.02 Å². The van der Waals surface area contributed by atoms with Crippen LogP contribution in [0.5, 0.6) is 0 Å². The summed E-state index contributed by atoms with van der Waals surface area (Å²) in [7, 11) is 2.05. The van der Waals surface area contributed by atoms with Crippen LogP contribution < -0.4 is 10.6 Å². The van der Waals surface area contributed by atoms with Crippen molar-refractivity contribution in [2.45, 2.75) is 19.4 Å². The fourth-order valence-corrected chi connectivity index (χ4v) is 2.44. The van der Waals surface area contributed by atoms with Gasteiger partial charge in [-0.1, -0.05) is 11.6 Å². The van der Waals surface area contributed by atoms with Crippen LogP contribution in [-0.4, -0.2) is 31.8 Å². The Morgan fingerprint density at radius 2 is 2.39 bits per heavy atom. The van der Waals surface area contributed by atoms with Crippen molar-refractivity contribution < 1.29 is 4.74 Å². The van der Waals surface area contributed by atoms with Crippen LogP contribution in [0.15, 0.2) is 12.1 Å². The number of rotatable bonds is 4. The first-order valence-electron chi connectivity index (χ1n) is 6.35.